The normalized spacial score (nSPS) is 9.60. The van der Waals surface area contributed by atoms with Crippen molar-refractivity contribution >= 4 is 10.9 Å². The average Bonchev–Trinajstić information content (AvgIpc) is 2.73. The number of hydrogen-bond donors (Lipinski definition) is 1. The first kappa shape index (κ1) is 11.6. The number of ether oxygens (including phenoxy) is 1. The number of aryl methyl sites for hydroxylation is 1. The molecule has 0 spiro atoms. The molecule has 1 aromatic carbocycles. The van der Waals surface area contributed by atoms with Crippen LogP contribution in [0.2, 0.25) is 0 Å². The number of rotatable bonds is 2. The van der Waals surface area contributed by atoms with Gasteiger partial charge in [-0.05, 0) is 30.2 Å². The Kier molecular flexibility index (Phi) is 4.22. The van der Waals surface area contributed by atoms with Crippen LogP contribution in [0, 0.1) is 0 Å². The van der Waals surface area contributed by atoms with Crippen molar-refractivity contribution in [1.29, 1.82) is 0 Å². The van der Waals surface area contributed by atoms with E-state index < -0.39 is 0 Å². The number of hydrogen-bond acceptors (Lipinski definition) is 1. The maximum absolute atomic E-state index is 5.18. The predicted octanol–water partition coefficient (Wildman–Crippen LogP) is 3.77. The fraction of sp³-hybridized carbons (Fsp3) is 0.385. The zero-order chi connectivity index (χ0) is 11.3. The van der Waals surface area contributed by atoms with Gasteiger partial charge in [-0.15, -0.1) is 0 Å². The molecule has 82 valence electrons. The molecule has 1 heterocycles. The van der Waals surface area contributed by atoms with E-state index >= 15 is 0 Å². The Morgan fingerprint density at radius 1 is 1.27 bits per heavy atom. The van der Waals surface area contributed by atoms with Crippen LogP contribution in [0.3, 0.4) is 0 Å². The van der Waals surface area contributed by atoms with Crippen LogP contribution in [-0.4, -0.2) is 12.1 Å². The van der Waals surface area contributed by atoms with Crippen molar-refractivity contribution in [3.05, 3.63) is 30.0 Å². The summed E-state index contributed by atoms with van der Waals surface area (Å²) in [5, 5.41) is 1.27. The molecule has 2 nitrogen and oxygen atoms in total. The lowest BCUT2D eigenvalue weighted by Gasteiger charge is -1.99. The Labute approximate surface area is 91.3 Å². The molecule has 0 atom stereocenters. The summed E-state index contributed by atoms with van der Waals surface area (Å²) in [6.45, 7) is 6.15. The number of nitrogens with one attached hydrogen (secondary N) is 1. The highest BCUT2D eigenvalue weighted by molar-refractivity contribution is 5.84. The predicted molar refractivity (Wildman–Crippen MR) is 65.6 cm³/mol. The number of aromatic nitrogens is 1. The van der Waals surface area contributed by atoms with Gasteiger partial charge >= 0.3 is 0 Å². The smallest absolute Gasteiger partial charge is 0.119 e. The minimum atomic E-state index is 0.918. The molecular formula is C13H19NO. The number of benzene rings is 1. The van der Waals surface area contributed by atoms with Crippen molar-refractivity contribution in [3.63, 3.8) is 0 Å². The molecule has 15 heavy (non-hydrogen) atoms. The summed E-state index contributed by atoms with van der Waals surface area (Å²) < 4.78 is 5.18. The molecule has 0 unspecified atom stereocenters. The van der Waals surface area contributed by atoms with Gasteiger partial charge in [0.25, 0.3) is 0 Å². The largest absolute Gasteiger partial charge is 0.497 e. The van der Waals surface area contributed by atoms with Crippen LogP contribution >= 0.6 is 0 Å². The molecule has 0 fully saturated rings. The molecular weight excluding hydrogens is 186 g/mol. The summed E-state index contributed by atoms with van der Waals surface area (Å²) in [6.07, 6.45) is 3.11. The van der Waals surface area contributed by atoms with Crippen LogP contribution < -0.4 is 4.74 Å². The van der Waals surface area contributed by atoms with Gasteiger partial charge in [-0.2, -0.15) is 0 Å². The molecule has 2 rings (SSSR count). The molecule has 0 saturated carbocycles. The second-order valence-electron chi connectivity index (χ2n) is 3.08. The lowest BCUT2D eigenvalue weighted by Crippen LogP contribution is -1.82. The maximum Gasteiger partial charge on any atom is 0.119 e. The second kappa shape index (κ2) is 5.44. The standard InChI is InChI=1S/C11H13NO.C2H6/c1-3-8-7-12-11-5-4-9(13-2)6-10(8)11;1-2/h4-7,12H,3H2,1-2H3;1-2H3. The maximum atomic E-state index is 5.18. The number of aromatic amines is 1. The van der Waals surface area contributed by atoms with Crippen molar-refractivity contribution in [3.8, 4) is 5.75 Å². The van der Waals surface area contributed by atoms with Gasteiger partial charge in [-0.3, -0.25) is 0 Å². The molecule has 1 aromatic heterocycles. The van der Waals surface area contributed by atoms with Crippen LogP contribution in [0.25, 0.3) is 10.9 Å². The monoisotopic (exact) mass is 205 g/mol. The van der Waals surface area contributed by atoms with Gasteiger partial charge < -0.3 is 9.72 Å². The SMILES string of the molecule is CC.CCc1c[nH]c2ccc(OC)cc12. The van der Waals surface area contributed by atoms with E-state index in [0.29, 0.717) is 0 Å². The molecule has 0 aliphatic heterocycles. The summed E-state index contributed by atoms with van der Waals surface area (Å²) in [5.74, 6) is 0.918. The third kappa shape index (κ3) is 2.32. The van der Waals surface area contributed by atoms with Gasteiger partial charge in [0.2, 0.25) is 0 Å². The van der Waals surface area contributed by atoms with Crippen molar-refractivity contribution in [2.45, 2.75) is 27.2 Å². The highest BCUT2D eigenvalue weighted by Gasteiger charge is 2.02. The zero-order valence-corrected chi connectivity index (χ0v) is 9.92. The Balaban J connectivity index is 0.000000531. The van der Waals surface area contributed by atoms with Gasteiger partial charge in [-0.25, -0.2) is 0 Å². The highest BCUT2D eigenvalue weighted by atomic mass is 16.5. The van der Waals surface area contributed by atoms with Crippen LogP contribution in [-0.2, 0) is 6.42 Å². The molecule has 0 aliphatic carbocycles. The van der Waals surface area contributed by atoms with Crippen LogP contribution in [0.15, 0.2) is 24.4 Å². The Hall–Kier alpha value is -1.44. The van der Waals surface area contributed by atoms with E-state index in [1.54, 1.807) is 7.11 Å². The van der Waals surface area contributed by atoms with E-state index in [-0.39, 0.29) is 0 Å². The van der Waals surface area contributed by atoms with Crippen molar-refractivity contribution in [1.82, 2.24) is 4.98 Å². The molecule has 0 radical (unpaired) electrons. The average molecular weight is 205 g/mol. The molecule has 0 aliphatic rings. The lowest BCUT2D eigenvalue weighted by molar-refractivity contribution is 0.415. The fourth-order valence-corrected chi connectivity index (χ4v) is 1.58. The highest BCUT2D eigenvalue weighted by Crippen LogP contribution is 2.23. The Bertz CT molecular complexity index is 417. The van der Waals surface area contributed by atoms with E-state index in [9.17, 15) is 0 Å². The van der Waals surface area contributed by atoms with Crippen molar-refractivity contribution in [2.75, 3.05) is 7.11 Å². The van der Waals surface area contributed by atoms with Crippen LogP contribution in [0.5, 0.6) is 5.75 Å². The van der Waals surface area contributed by atoms with Gasteiger partial charge in [-0.1, -0.05) is 20.8 Å². The number of methoxy groups -OCH3 is 1. The fourth-order valence-electron chi connectivity index (χ4n) is 1.58. The van der Waals surface area contributed by atoms with Crippen LogP contribution in [0.1, 0.15) is 26.3 Å². The molecule has 2 heteroatoms. The van der Waals surface area contributed by atoms with Gasteiger partial charge in [0.15, 0.2) is 0 Å². The summed E-state index contributed by atoms with van der Waals surface area (Å²) in [5.41, 5.74) is 2.52. The van der Waals surface area contributed by atoms with E-state index in [2.05, 4.69) is 24.2 Å². The summed E-state index contributed by atoms with van der Waals surface area (Å²) in [7, 11) is 1.69. The first-order valence-corrected chi connectivity index (χ1v) is 5.49. The molecule has 0 amide bonds. The third-order valence-corrected chi connectivity index (χ3v) is 2.36. The summed E-state index contributed by atoms with van der Waals surface area (Å²) in [4.78, 5) is 3.23. The Morgan fingerprint density at radius 3 is 2.60 bits per heavy atom. The zero-order valence-electron chi connectivity index (χ0n) is 9.92. The molecule has 0 saturated heterocycles. The first-order chi connectivity index (χ1) is 7.35. The number of fused-ring (bicyclic) bond motifs is 1. The molecule has 1 N–H and O–H groups in total. The van der Waals surface area contributed by atoms with E-state index in [1.165, 1.54) is 16.5 Å². The first-order valence-electron chi connectivity index (χ1n) is 5.49. The minimum Gasteiger partial charge on any atom is -0.497 e. The molecule has 0 bridgehead atoms. The van der Waals surface area contributed by atoms with E-state index in [4.69, 9.17) is 4.74 Å². The van der Waals surface area contributed by atoms with Gasteiger partial charge in [0.05, 0.1) is 7.11 Å². The lowest BCUT2D eigenvalue weighted by atomic mass is 10.1. The summed E-state index contributed by atoms with van der Waals surface area (Å²) in [6, 6.07) is 6.09. The van der Waals surface area contributed by atoms with Gasteiger partial charge in [0.1, 0.15) is 5.75 Å². The Morgan fingerprint density at radius 2 is 2.00 bits per heavy atom. The second-order valence-corrected chi connectivity index (χ2v) is 3.08. The third-order valence-electron chi connectivity index (χ3n) is 2.36. The van der Waals surface area contributed by atoms with Crippen molar-refractivity contribution in [2.24, 2.45) is 0 Å². The van der Waals surface area contributed by atoms with E-state index in [1.807, 2.05) is 26.0 Å². The van der Waals surface area contributed by atoms with E-state index in [0.717, 1.165) is 12.2 Å². The topological polar surface area (TPSA) is 25.0 Å². The van der Waals surface area contributed by atoms with Crippen LogP contribution in [0.4, 0.5) is 0 Å². The summed E-state index contributed by atoms with van der Waals surface area (Å²) >= 11 is 0. The molecule has 2 aromatic rings. The quantitative estimate of drug-likeness (QED) is 0.793. The van der Waals surface area contributed by atoms with Crippen molar-refractivity contribution < 1.29 is 4.74 Å². The van der Waals surface area contributed by atoms with Gasteiger partial charge in [0, 0.05) is 17.1 Å². The number of H-pyrrole nitrogens is 1. The minimum absolute atomic E-state index is 0.918.